The molecule has 0 radical (unpaired) electrons. The van der Waals surface area contributed by atoms with Crippen LogP contribution in [0.2, 0.25) is 0 Å². The molecule has 0 fully saturated rings. The van der Waals surface area contributed by atoms with E-state index in [2.05, 4.69) is 10.5 Å². The second kappa shape index (κ2) is 11.5. The van der Waals surface area contributed by atoms with Crippen molar-refractivity contribution in [3.05, 3.63) is 102 Å². The fourth-order valence-electron chi connectivity index (χ4n) is 3.29. The third-order valence-electron chi connectivity index (χ3n) is 4.99. The summed E-state index contributed by atoms with van der Waals surface area (Å²) in [5, 5.41) is 12.7. The van der Waals surface area contributed by atoms with Crippen LogP contribution >= 0.6 is 0 Å². The molecule has 7 heteroatoms. The molecule has 1 aliphatic rings. The van der Waals surface area contributed by atoms with Gasteiger partial charge in [0.05, 0.1) is 12.6 Å². The van der Waals surface area contributed by atoms with Gasteiger partial charge in [-0.2, -0.15) is 5.10 Å². The lowest BCUT2D eigenvalue weighted by Crippen LogP contribution is -2.12. The molecule has 7 nitrogen and oxygen atoms in total. The predicted octanol–water partition coefficient (Wildman–Crippen LogP) is 5.35. The Hall–Kier alpha value is -4.39. The average molecular weight is 456 g/mol. The number of benzene rings is 2. The molecule has 34 heavy (non-hydrogen) atoms. The van der Waals surface area contributed by atoms with Crippen LogP contribution in [0.5, 0.6) is 0 Å². The minimum Gasteiger partial charge on any atom is -0.491 e. The Morgan fingerprint density at radius 2 is 1.82 bits per heavy atom. The highest BCUT2D eigenvalue weighted by molar-refractivity contribution is 5.82. The number of hydrazone groups is 1. The number of rotatable bonds is 10. The van der Waals surface area contributed by atoms with Crippen LogP contribution in [0.3, 0.4) is 0 Å². The summed E-state index contributed by atoms with van der Waals surface area (Å²) >= 11 is 0. The molecule has 2 N–H and O–H groups in total. The topological polar surface area (TPSA) is 97.0 Å². The lowest BCUT2D eigenvalue weighted by atomic mass is 10.1. The van der Waals surface area contributed by atoms with Crippen LogP contribution in [0.25, 0.3) is 22.8 Å². The number of hydrogen-bond donors (Lipinski definition) is 2. The van der Waals surface area contributed by atoms with E-state index in [1.807, 2.05) is 85.0 Å². The van der Waals surface area contributed by atoms with Gasteiger partial charge in [-0.3, -0.25) is 4.79 Å². The van der Waals surface area contributed by atoms with Crippen LogP contribution in [0.1, 0.15) is 18.5 Å². The van der Waals surface area contributed by atoms with Gasteiger partial charge in [0.2, 0.25) is 5.89 Å². The van der Waals surface area contributed by atoms with Gasteiger partial charge in [0.25, 0.3) is 0 Å². The average Bonchev–Trinajstić information content (AvgIpc) is 3.16. The zero-order chi connectivity index (χ0) is 23.6. The van der Waals surface area contributed by atoms with Crippen molar-refractivity contribution in [1.82, 2.24) is 10.4 Å². The van der Waals surface area contributed by atoms with Crippen LogP contribution in [0.15, 0.2) is 106 Å². The summed E-state index contributed by atoms with van der Waals surface area (Å²) in [6.45, 7) is 0.549. The Bertz CT molecular complexity index is 1230. The molecule has 3 aromatic rings. The summed E-state index contributed by atoms with van der Waals surface area (Å²) in [6, 6.07) is 19.7. The van der Waals surface area contributed by atoms with E-state index in [4.69, 9.17) is 19.2 Å². The maximum absolute atomic E-state index is 10.5. The maximum Gasteiger partial charge on any atom is 0.305 e. The first-order valence-corrected chi connectivity index (χ1v) is 11.0. The first-order chi connectivity index (χ1) is 16.7. The summed E-state index contributed by atoms with van der Waals surface area (Å²) < 4.78 is 12.2. The number of hydrogen-bond acceptors (Lipinski definition) is 6. The van der Waals surface area contributed by atoms with E-state index < -0.39 is 5.97 Å². The van der Waals surface area contributed by atoms with Gasteiger partial charge >= 0.3 is 5.97 Å². The van der Waals surface area contributed by atoms with Crippen molar-refractivity contribution in [2.45, 2.75) is 19.4 Å². The molecular weight excluding hydrogens is 430 g/mol. The molecule has 1 aliphatic carbocycles. The molecule has 0 atom stereocenters. The number of aromatic nitrogens is 1. The van der Waals surface area contributed by atoms with E-state index in [9.17, 15) is 4.79 Å². The number of oxazole rings is 1. The van der Waals surface area contributed by atoms with Crippen molar-refractivity contribution < 1.29 is 19.1 Å². The SMILES string of the molecule is O=C(O)CCN/N=C\C1=CC=C(OCc2nc(-c3ccccc3)oc2-c2ccccc2)CC=C1. The highest BCUT2D eigenvalue weighted by Crippen LogP contribution is 2.30. The minimum atomic E-state index is -0.862. The van der Waals surface area contributed by atoms with Crippen molar-refractivity contribution in [3.8, 4) is 22.8 Å². The molecule has 0 aliphatic heterocycles. The Morgan fingerprint density at radius 1 is 1.09 bits per heavy atom. The van der Waals surface area contributed by atoms with E-state index in [-0.39, 0.29) is 19.6 Å². The first kappa shape index (κ1) is 22.8. The monoisotopic (exact) mass is 455 g/mol. The number of ether oxygens (including phenoxy) is 1. The third-order valence-corrected chi connectivity index (χ3v) is 4.99. The van der Waals surface area contributed by atoms with Crippen LogP contribution < -0.4 is 5.43 Å². The van der Waals surface area contributed by atoms with E-state index in [0.717, 1.165) is 28.2 Å². The molecule has 2 aromatic carbocycles. The number of aliphatic carboxylic acids is 1. The van der Waals surface area contributed by atoms with Crippen molar-refractivity contribution in [2.75, 3.05) is 6.54 Å². The Balaban J connectivity index is 1.46. The van der Waals surface area contributed by atoms with Gasteiger partial charge in [-0.1, -0.05) is 66.8 Å². The highest BCUT2D eigenvalue weighted by atomic mass is 16.5. The van der Waals surface area contributed by atoms with Crippen molar-refractivity contribution >= 4 is 12.2 Å². The van der Waals surface area contributed by atoms with E-state index >= 15 is 0 Å². The maximum atomic E-state index is 10.5. The van der Waals surface area contributed by atoms with Gasteiger partial charge in [0.1, 0.15) is 18.1 Å². The van der Waals surface area contributed by atoms with Crippen LogP contribution in [-0.2, 0) is 16.1 Å². The molecule has 0 unspecified atom stereocenters. The second-order valence-corrected chi connectivity index (χ2v) is 7.53. The zero-order valence-electron chi connectivity index (χ0n) is 18.6. The standard InChI is InChI=1S/C27H25N3O4/c31-25(32)16-17-28-29-18-20-8-7-13-23(15-14-20)33-19-24-26(21-9-3-1-4-10-21)34-27(30-24)22-11-5-2-6-12-22/h1-12,14-15,18,28H,13,16-17,19H2,(H,31,32)/b29-18-. The molecule has 0 spiro atoms. The number of nitrogens with one attached hydrogen (secondary N) is 1. The fourth-order valence-corrected chi connectivity index (χ4v) is 3.29. The highest BCUT2D eigenvalue weighted by Gasteiger charge is 2.17. The number of carboxylic acid groups (broad SMARTS) is 1. The largest absolute Gasteiger partial charge is 0.491 e. The quantitative estimate of drug-likeness (QED) is 0.243. The molecular formula is C27H25N3O4. The molecule has 0 saturated heterocycles. The lowest BCUT2D eigenvalue weighted by Gasteiger charge is -2.07. The summed E-state index contributed by atoms with van der Waals surface area (Å²) in [6.07, 6.45) is 10.0. The molecule has 4 rings (SSSR count). The van der Waals surface area contributed by atoms with Gasteiger partial charge in [0, 0.05) is 24.1 Å². The van der Waals surface area contributed by atoms with Crippen LogP contribution in [-0.4, -0.2) is 28.8 Å². The molecule has 172 valence electrons. The summed E-state index contributed by atoms with van der Waals surface area (Å²) in [7, 11) is 0. The summed E-state index contributed by atoms with van der Waals surface area (Å²) in [5.41, 5.74) is 6.18. The van der Waals surface area contributed by atoms with E-state index in [1.54, 1.807) is 6.21 Å². The molecule has 0 amide bonds. The minimum absolute atomic E-state index is 0.0170. The van der Waals surface area contributed by atoms with Gasteiger partial charge in [0.15, 0.2) is 5.76 Å². The predicted molar refractivity (Wildman–Crippen MR) is 131 cm³/mol. The van der Waals surface area contributed by atoms with Gasteiger partial charge in [-0.25, -0.2) is 4.98 Å². The number of carboxylic acids is 1. The Morgan fingerprint density at radius 3 is 2.56 bits per heavy atom. The number of allylic oxidation sites excluding steroid dienone is 5. The zero-order valence-corrected chi connectivity index (χ0v) is 18.6. The van der Waals surface area contributed by atoms with Crippen molar-refractivity contribution in [1.29, 1.82) is 0 Å². The summed E-state index contributed by atoms with van der Waals surface area (Å²) in [4.78, 5) is 15.3. The first-order valence-electron chi connectivity index (χ1n) is 11.0. The van der Waals surface area contributed by atoms with E-state index in [0.29, 0.717) is 18.1 Å². The molecule has 0 bridgehead atoms. The third kappa shape index (κ3) is 6.32. The smallest absolute Gasteiger partial charge is 0.305 e. The van der Waals surface area contributed by atoms with Gasteiger partial charge in [-0.05, 0) is 23.8 Å². The number of carbonyl (C=O) groups is 1. The van der Waals surface area contributed by atoms with Crippen molar-refractivity contribution in [3.63, 3.8) is 0 Å². The van der Waals surface area contributed by atoms with Gasteiger partial charge < -0.3 is 19.7 Å². The van der Waals surface area contributed by atoms with Crippen molar-refractivity contribution in [2.24, 2.45) is 5.10 Å². The van der Waals surface area contributed by atoms with Crippen LogP contribution in [0.4, 0.5) is 0 Å². The second-order valence-electron chi connectivity index (χ2n) is 7.53. The lowest BCUT2D eigenvalue weighted by molar-refractivity contribution is -0.136. The Kier molecular flexibility index (Phi) is 7.69. The van der Waals surface area contributed by atoms with Crippen LogP contribution in [0, 0.1) is 0 Å². The number of nitrogens with zero attached hydrogens (tertiary/aromatic N) is 2. The summed E-state index contributed by atoms with van der Waals surface area (Å²) in [5.74, 6) is 1.18. The van der Waals surface area contributed by atoms with Gasteiger partial charge in [-0.15, -0.1) is 0 Å². The van der Waals surface area contributed by atoms with E-state index in [1.165, 1.54) is 0 Å². The Labute approximate surface area is 197 Å². The molecule has 0 saturated carbocycles. The molecule has 1 aromatic heterocycles. The molecule has 1 heterocycles. The normalized spacial score (nSPS) is 13.3. The fraction of sp³-hybridized carbons (Fsp3) is 0.148.